The fourth-order valence-electron chi connectivity index (χ4n) is 2.63. The van der Waals surface area contributed by atoms with E-state index in [1.165, 1.54) is 37.7 Å². The first-order valence-corrected chi connectivity index (χ1v) is 7.98. The SMILES string of the molecule is COCCOc1ccccc1CNCCC1=CCCCC1. The van der Waals surface area contributed by atoms with Gasteiger partial charge >= 0.3 is 0 Å². The number of rotatable bonds is 9. The van der Waals surface area contributed by atoms with Gasteiger partial charge in [0.25, 0.3) is 0 Å². The van der Waals surface area contributed by atoms with E-state index in [0.29, 0.717) is 13.2 Å². The molecule has 1 aromatic carbocycles. The van der Waals surface area contributed by atoms with Gasteiger partial charge in [-0.3, -0.25) is 0 Å². The van der Waals surface area contributed by atoms with Crippen molar-refractivity contribution in [1.29, 1.82) is 0 Å². The molecule has 21 heavy (non-hydrogen) atoms. The summed E-state index contributed by atoms with van der Waals surface area (Å²) >= 11 is 0. The number of ether oxygens (including phenoxy) is 2. The van der Waals surface area contributed by atoms with Gasteiger partial charge in [0.1, 0.15) is 12.4 Å². The van der Waals surface area contributed by atoms with E-state index in [9.17, 15) is 0 Å². The van der Waals surface area contributed by atoms with E-state index in [-0.39, 0.29) is 0 Å². The molecule has 0 saturated carbocycles. The number of para-hydroxylation sites is 1. The zero-order valence-electron chi connectivity index (χ0n) is 13.1. The molecule has 1 N–H and O–H groups in total. The molecule has 1 aliphatic rings. The number of allylic oxidation sites excluding steroid dienone is 1. The van der Waals surface area contributed by atoms with Crippen LogP contribution in [0.4, 0.5) is 0 Å². The summed E-state index contributed by atoms with van der Waals surface area (Å²) in [7, 11) is 1.69. The summed E-state index contributed by atoms with van der Waals surface area (Å²) in [5, 5.41) is 3.53. The highest BCUT2D eigenvalue weighted by atomic mass is 16.5. The molecule has 0 radical (unpaired) electrons. The van der Waals surface area contributed by atoms with Crippen LogP contribution < -0.4 is 10.1 Å². The van der Waals surface area contributed by atoms with Crippen molar-refractivity contribution in [3.05, 3.63) is 41.5 Å². The van der Waals surface area contributed by atoms with E-state index >= 15 is 0 Å². The molecule has 3 heteroatoms. The Hall–Kier alpha value is -1.32. The summed E-state index contributed by atoms with van der Waals surface area (Å²) in [4.78, 5) is 0. The van der Waals surface area contributed by atoms with Crippen LogP contribution in [0.2, 0.25) is 0 Å². The van der Waals surface area contributed by atoms with E-state index in [0.717, 1.165) is 18.8 Å². The number of methoxy groups -OCH3 is 1. The molecule has 0 fully saturated rings. The Morgan fingerprint density at radius 1 is 1.14 bits per heavy atom. The topological polar surface area (TPSA) is 30.5 Å². The molecule has 0 unspecified atom stereocenters. The lowest BCUT2D eigenvalue weighted by atomic mass is 9.97. The van der Waals surface area contributed by atoms with Gasteiger partial charge in [0.15, 0.2) is 0 Å². The maximum absolute atomic E-state index is 5.75. The third kappa shape index (κ3) is 5.90. The quantitative estimate of drug-likeness (QED) is 0.555. The molecule has 1 aromatic rings. The van der Waals surface area contributed by atoms with Crippen molar-refractivity contribution in [3.63, 3.8) is 0 Å². The highest BCUT2D eigenvalue weighted by Crippen LogP contribution is 2.20. The molecule has 3 nitrogen and oxygen atoms in total. The highest BCUT2D eigenvalue weighted by molar-refractivity contribution is 5.33. The maximum Gasteiger partial charge on any atom is 0.123 e. The van der Waals surface area contributed by atoms with Crippen molar-refractivity contribution in [2.75, 3.05) is 26.9 Å². The normalized spacial score (nSPS) is 14.8. The molecule has 0 bridgehead atoms. The molecule has 0 amide bonds. The van der Waals surface area contributed by atoms with Gasteiger partial charge in [-0.2, -0.15) is 0 Å². The molecular formula is C18H27NO2. The second kappa shape index (κ2) is 9.59. The average molecular weight is 289 g/mol. The minimum absolute atomic E-state index is 0.598. The van der Waals surface area contributed by atoms with Crippen LogP contribution in [-0.4, -0.2) is 26.9 Å². The minimum Gasteiger partial charge on any atom is -0.491 e. The first-order valence-electron chi connectivity index (χ1n) is 7.98. The van der Waals surface area contributed by atoms with Gasteiger partial charge in [0, 0.05) is 19.2 Å². The van der Waals surface area contributed by atoms with Gasteiger partial charge in [-0.15, -0.1) is 0 Å². The molecule has 0 atom stereocenters. The average Bonchev–Trinajstić information content (AvgIpc) is 2.54. The van der Waals surface area contributed by atoms with Gasteiger partial charge < -0.3 is 14.8 Å². The lowest BCUT2D eigenvalue weighted by molar-refractivity contribution is 0.145. The number of hydrogen-bond acceptors (Lipinski definition) is 3. The third-order valence-corrected chi connectivity index (χ3v) is 3.84. The van der Waals surface area contributed by atoms with Crippen molar-refractivity contribution >= 4 is 0 Å². The molecule has 0 spiro atoms. The smallest absolute Gasteiger partial charge is 0.123 e. The predicted molar refractivity (Wildman–Crippen MR) is 86.7 cm³/mol. The van der Waals surface area contributed by atoms with Gasteiger partial charge in [-0.05, 0) is 44.7 Å². The van der Waals surface area contributed by atoms with Crippen molar-refractivity contribution in [2.24, 2.45) is 0 Å². The predicted octanol–water partition coefficient (Wildman–Crippen LogP) is 3.69. The zero-order chi connectivity index (χ0) is 14.8. The van der Waals surface area contributed by atoms with Crippen LogP contribution in [0.3, 0.4) is 0 Å². The fraction of sp³-hybridized carbons (Fsp3) is 0.556. The van der Waals surface area contributed by atoms with Crippen molar-refractivity contribution < 1.29 is 9.47 Å². The Morgan fingerprint density at radius 2 is 2.05 bits per heavy atom. The first kappa shape index (κ1) is 16.1. The summed E-state index contributed by atoms with van der Waals surface area (Å²) in [5.74, 6) is 0.957. The van der Waals surface area contributed by atoms with Crippen LogP contribution >= 0.6 is 0 Å². The van der Waals surface area contributed by atoms with Gasteiger partial charge in [-0.1, -0.05) is 29.8 Å². The van der Waals surface area contributed by atoms with Gasteiger partial charge in [-0.25, -0.2) is 0 Å². The second-order valence-electron chi connectivity index (χ2n) is 5.48. The summed E-state index contributed by atoms with van der Waals surface area (Å²) in [6.45, 7) is 3.12. The Balaban J connectivity index is 1.73. The van der Waals surface area contributed by atoms with Crippen molar-refractivity contribution in [3.8, 4) is 5.75 Å². The van der Waals surface area contributed by atoms with Crippen LogP contribution in [0, 0.1) is 0 Å². The summed E-state index contributed by atoms with van der Waals surface area (Å²) in [6, 6.07) is 8.22. The van der Waals surface area contributed by atoms with Crippen LogP contribution in [0.15, 0.2) is 35.9 Å². The Bertz CT molecular complexity index is 443. The monoisotopic (exact) mass is 289 g/mol. The lowest BCUT2D eigenvalue weighted by Gasteiger charge is -2.14. The summed E-state index contributed by atoms with van der Waals surface area (Å²) in [6.07, 6.45) is 8.88. The maximum atomic E-state index is 5.75. The Kier molecular flexibility index (Phi) is 7.33. The molecule has 1 aliphatic carbocycles. The molecule has 2 rings (SSSR count). The summed E-state index contributed by atoms with van der Waals surface area (Å²) < 4.78 is 10.8. The van der Waals surface area contributed by atoms with Gasteiger partial charge in [0.05, 0.1) is 6.61 Å². The van der Waals surface area contributed by atoms with E-state index in [2.05, 4.69) is 23.5 Å². The van der Waals surface area contributed by atoms with Crippen molar-refractivity contribution in [2.45, 2.75) is 38.6 Å². The van der Waals surface area contributed by atoms with Crippen LogP contribution in [0.25, 0.3) is 0 Å². The minimum atomic E-state index is 0.598. The van der Waals surface area contributed by atoms with E-state index in [1.54, 1.807) is 12.7 Å². The molecule has 0 heterocycles. The van der Waals surface area contributed by atoms with Crippen molar-refractivity contribution in [1.82, 2.24) is 5.32 Å². The fourth-order valence-corrected chi connectivity index (χ4v) is 2.63. The summed E-state index contributed by atoms with van der Waals surface area (Å²) in [5.41, 5.74) is 2.84. The largest absolute Gasteiger partial charge is 0.491 e. The first-order chi connectivity index (χ1) is 10.4. The Morgan fingerprint density at radius 3 is 2.86 bits per heavy atom. The highest BCUT2D eigenvalue weighted by Gasteiger charge is 2.05. The standard InChI is InChI=1S/C18H27NO2/c1-20-13-14-21-18-10-6-5-9-17(18)15-19-12-11-16-7-3-2-4-8-16/h5-7,9-10,19H,2-4,8,11-15H2,1H3. The molecular weight excluding hydrogens is 262 g/mol. The van der Waals surface area contributed by atoms with E-state index < -0.39 is 0 Å². The molecule has 116 valence electrons. The second-order valence-corrected chi connectivity index (χ2v) is 5.48. The number of nitrogens with one attached hydrogen (secondary N) is 1. The zero-order valence-corrected chi connectivity index (χ0v) is 13.1. The molecule has 0 saturated heterocycles. The third-order valence-electron chi connectivity index (χ3n) is 3.84. The lowest BCUT2D eigenvalue weighted by Crippen LogP contribution is -2.17. The molecule has 0 aliphatic heterocycles. The number of benzene rings is 1. The van der Waals surface area contributed by atoms with E-state index in [4.69, 9.17) is 9.47 Å². The Labute approximate surface area is 128 Å². The van der Waals surface area contributed by atoms with Crippen LogP contribution in [-0.2, 0) is 11.3 Å². The van der Waals surface area contributed by atoms with Crippen LogP contribution in [0.5, 0.6) is 5.75 Å². The van der Waals surface area contributed by atoms with E-state index in [1.807, 2.05) is 12.1 Å². The van der Waals surface area contributed by atoms with Gasteiger partial charge in [0.2, 0.25) is 0 Å². The number of hydrogen-bond donors (Lipinski definition) is 1. The molecule has 0 aromatic heterocycles. The van der Waals surface area contributed by atoms with Crippen LogP contribution in [0.1, 0.15) is 37.7 Å².